The smallest absolute Gasteiger partial charge is 0.317 e. The van der Waals surface area contributed by atoms with Gasteiger partial charge in [0.1, 0.15) is 0 Å². The number of piperidine rings is 1. The third-order valence-electron chi connectivity index (χ3n) is 6.49. The van der Waals surface area contributed by atoms with E-state index in [1.54, 1.807) is 4.90 Å². The van der Waals surface area contributed by atoms with Gasteiger partial charge in [-0.2, -0.15) is 0 Å². The maximum atomic E-state index is 12.9. The lowest BCUT2D eigenvalue weighted by Crippen LogP contribution is -2.38. The Morgan fingerprint density at radius 2 is 1.56 bits per heavy atom. The first-order chi connectivity index (χ1) is 15.7. The Morgan fingerprint density at radius 3 is 2.31 bits per heavy atom. The van der Waals surface area contributed by atoms with Gasteiger partial charge in [-0.1, -0.05) is 42.5 Å². The third kappa shape index (κ3) is 6.02. The van der Waals surface area contributed by atoms with Gasteiger partial charge in [0.15, 0.2) is 0 Å². The number of benzene rings is 2. The molecule has 6 nitrogen and oxygen atoms in total. The highest BCUT2D eigenvalue weighted by atomic mass is 16.5. The number of nitrogens with zero attached hydrogens (tertiary/aromatic N) is 3. The highest BCUT2D eigenvalue weighted by Gasteiger charge is 2.17. The average molecular weight is 437 g/mol. The first-order valence-electron chi connectivity index (χ1n) is 11.9. The molecule has 2 fully saturated rings. The summed E-state index contributed by atoms with van der Waals surface area (Å²) in [6.07, 6.45) is 3.80. The second-order valence-corrected chi connectivity index (χ2v) is 8.85. The van der Waals surface area contributed by atoms with Gasteiger partial charge >= 0.3 is 6.03 Å². The second-order valence-electron chi connectivity index (χ2n) is 8.85. The predicted molar refractivity (Wildman–Crippen MR) is 129 cm³/mol. The molecule has 2 saturated heterocycles. The summed E-state index contributed by atoms with van der Waals surface area (Å²) in [5.41, 5.74) is 4.92. The molecule has 0 aliphatic carbocycles. The van der Waals surface area contributed by atoms with Crippen LogP contribution in [0.1, 0.15) is 36.0 Å². The number of morpholine rings is 1. The van der Waals surface area contributed by atoms with Crippen molar-refractivity contribution in [1.29, 1.82) is 0 Å². The molecule has 0 unspecified atom stereocenters. The van der Waals surface area contributed by atoms with Crippen LogP contribution in [-0.4, -0.2) is 62.3 Å². The molecule has 2 amide bonds. The molecule has 6 heteroatoms. The Morgan fingerprint density at radius 1 is 0.906 bits per heavy atom. The normalized spacial score (nSPS) is 17.2. The van der Waals surface area contributed by atoms with Gasteiger partial charge in [0.25, 0.3) is 0 Å². The maximum Gasteiger partial charge on any atom is 0.317 e. The Kier molecular flexibility index (Phi) is 8.02. The standard InChI is InChI=1S/C26H36N4O2/c1-28(20-24-11-5-6-12-25(24)30-13-7-2-8-14-30)26(31)27-19-22-9-3-4-10-23(22)21-29-15-17-32-18-16-29/h3-6,9-12H,2,7-8,13-21H2,1H3,(H,27,31). The summed E-state index contributed by atoms with van der Waals surface area (Å²) < 4.78 is 5.46. The van der Waals surface area contributed by atoms with Crippen molar-refractivity contribution in [3.05, 3.63) is 65.2 Å². The lowest BCUT2D eigenvalue weighted by Gasteiger charge is -2.31. The van der Waals surface area contributed by atoms with E-state index in [4.69, 9.17) is 4.74 Å². The minimum absolute atomic E-state index is 0.0420. The molecule has 172 valence electrons. The number of anilines is 1. The highest BCUT2D eigenvalue weighted by molar-refractivity contribution is 5.74. The number of urea groups is 1. The van der Waals surface area contributed by atoms with Crippen molar-refractivity contribution in [2.24, 2.45) is 0 Å². The molecule has 0 spiro atoms. The van der Waals surface area contributed by atoms with Crippen LogP contribution in [0.25, 0.3) is 0 Å². The van der Waals surface area contributed by atoms with Crippen molar-refractivity contribution in [3.8, 4) is 0 Å². The predicted octanol–water partition coefficient (Wildman–Crippen LogP) is 3.85. The minimum atomic E-state index is -0.0420. The summed E-state index contributed by atoms with van der Waals surface area (Å²) in [6, 6.07) is 16.8. The zero-order valence-corrected chi connectivity index (χ0v) is 19.3. The van der Waals surface area contributed by atoms with Crippen LogP contribution in [-0.2, 0) is 24.4 Å². The number of nitrogens with one attached hydrogen (secondary N) is 1. The molecule has 0 atom stereocenters. The molecule has 0 aromatic heterocycles. The molecule has 2 heterocycles. The van der Waals surface area contributed by atoms with Crippen molar-refractivity contribution >= 4 is 11.7 Å². The molecule has 2 aliphatic heterocycles. The second kappa shape index (κ2) is 11.3. The molecule has 2 aromatic rings. The summed E-state index contributed by atoms with van der Waals surface area (Å²) in [5, 5.41) is 3.13. The van der Waals surface area contributed by atoms with Crippen LogP contribution in [0, 0.1) is 0 Å². The number of carbonyl (C=O) groups excluding carboxylic acids is 1. The fraction of sp³-hybridized carbons (Fsp3) is 0.500. The van der Waals surface area contributed by atoms with Crippen LogP contribution < -0.4 is 10.2 Å². The summed E-state index contributed by atoms with van der Waals surface area (Å²) in [7, 11) is 1.88. The van der Waals surface area contributed by atoms with E-state index in [9.17, 15) is 4.79 Å². The molecule has 2 aromatic carbocycles. The number of ether oxygens (including phenoxy) is 1. The van der Waals surface area contributed by atoms with Crippen LogP contribution in [0.15, 0.2) is 48.5 Å². The van der Waals surface area contributed by atoms with Crippen molar-refractivity contribution in [2.45, 2.75) is 38.9 Å². The quantitative estimate of drug-likeness (QED) is 0.716. The Balaban J connectivity index is 1.34. The number of amides is 2. The highest BCUT2D eigenvalue weighted by Crippen LogP contribution is 2.25. The van der Waals surface area contributed by atoms with Gasteiger partial charge in [0, 0.05) is 58.5 Å². The summed E-state index contributed by atoms with van der Waals surface area (Å²) in [5.74, 6) is 0. The molecule has 0 radical (unpaired) electrons. The first-order valence-corrected chi connectivity index (χ1v) is 11.9. The van der Waals surface area contributed by atoms with E-state index in [1.807, 2.05) is 13.1 Å². The largest absolute Gasteiger partial charge is 0.379 e. The minimum Gasteiger partial charge on any atom is -0.379 e. The van der Waals surface area contributed by atoms with E-state index in [2.05, 4.69) is 57.6 Å². The summed E-state index contributed by atoms with van der Waals surface area (Å²) >= 11 is 0. The zero-order valence-electron chi connectivity index (χ0n) is 19.3. The van der Waals surface area contributed by atoms with Gasteiger partial charge in [-0.15, -0.1) is 0 Å². The summed E-state index contributed by atoms with van der Waals surface area (Å²) in [6.45, 7) is 7.75. The van der Waals surface area contributed by atoms with Crippen LogP contribution in [0.3, 0.4) is 0 Å². The molecule has 4 rings (SSSR count). The van der Waals surface area contributed by atoms with Crippen LogP contribution in [0.5, 0.6) is 0 Å². The number of hydrogen-bond donors (Lipinski definition) is 1. The van der Waals surface area contributed by atoms with Crippen LogP contribution in [0.4, 0.5) is 10.5 Å². The lowest BCUT2D eigenvalue weighted by molar-refractivity contribution is 0.0341. The molecule has 0 bridgehead atoms. The van der Waals surface area contributed by atoms with E-state index in [1.165, 1.54) is 41.6 Å². The molecule has 0 saturated carbocycles. The van der Waals surface area contributed by atoms with Crippen molar-refractivity contribution in [1.82, 2.24) is 15.1 Å². The van der Waals surface area contributed by atoms with Crippen molar-refractivity contribution in [2.75, 3.05) is 51.3 Å². The van der Waals surface area contributed by atoms with Crippen LogP contribution >= 0.6 is 0 Å². The van der Waals surface area contributed by atoms with Crippen molar-refractivity contribution < 1.29 is 9.53 Å². The fourth-order valence-electron chi connectivity index (χ4n) is 4.61. The van der Waals surface area contributed by atoms with Gasteiger partial charge in [0.05, 0.1) is 13.2 Å². The SMILES string of the molecule is CN(Cc1ccccc1N1CCCCC1)C(=O)NCc1ccccc1CN1CCOCC1. The monoisotopic (exact) mass is 436 g/mol. The van der Waals surface area contributed by atoms with Gasteiger partial charge in [0.2, 0.25) is 0 Å². The van der Waals surface area contributed by atoms with Gasteiger partial charge in [-0.3, -0.25) is 4.90 Å². The van der Waals surface area contributed by atoms with E-state index >= 15 is 0 Å². The van der Waals surface area contributed by atoms with Crippen molar-refractivity contribution in [3.63, 3.8) is 0 Å². The van der Waals surface area contributed by atoms with Gasteiger partial charge in [-0.05, 0) is 42.0 Å². The van der Waals surface area contributed by atoms with Crippen LogP contribution in [0.2, 0.25) is 0 Å². The Hall–Kier alpha value is -2.57. The number of rotatable bonds is 7. The van der Waals surface area contributed by atoms with Gasteiger partial charge in [-0.25, -0.2) is 4.79 Å². The molecule has 1 N–H and O–H groups in total. The number of para-hydroxylation sites is 1. The Labute approximate surface area is 192 Å². The van der Waals surface area contributed by atoms with E-state index < -0.39 is 0 Å². The molecule has 2 aliphatic rings. The topological polar surface area (TPSA) is 48.0 Å². The number of carbonyl (C=O) groups is 1. The average Bonchev–Trinajstić information content (AvgIpc) is 2.85. The summed E-state index contributed by atoms with van der Waals surface area (Å²) in [4.78, 5) is 19.5. The molecular formula is C26H36N4O2. The molecular weight excluding hydrogens is 400 g/mol. The van der Waals surface area contributed by atoms with E-state index in [0.717, 1.165) is 45.9 Å². The van der Waals surface area contributed by atoms with E-state index in [0.29, 0.717) is 13.1 Å². The number of hydrogen-bond acceptors (Lipinski definition) is 4. The maximum absolute atomic E-state index is 12.9. The Bertz CT molecular complexity index is 876. The molecule has 32 heavy (non-hydrogen) atoms. The third-order valence-corrected chi connectivity index (χ3v) is 6.49. The fourth-order valence-corrected chi connectivity index (χ4v) is 4.61. The first kappa shape index (κ1) is 22.6. The van der Waals surface area contributed by atoms with E-state index in [-0.39, 0.29) is 6.03 Å². The zero-order chi connectivity index (χ0) is 22.2. The van der Waals surface area contributed by atoms with Gasteiger partial charge < -0.3 is 19.9 Å². The lowest BCUT2D eigenvalue weighted by atomic mass is 10.1.